The van der Waals surface area contributed by atoms with E-state index in [2.05, 4.69) is 0 Å². The maximum Gasteiger partial charge on any atom is 0.379 e. The molecule has 1 aromatic carbocycles. The van der Waals surface area contributed by atoms with E-state index in [0.717, 1.165) is 0 Å². The average molecular weight is 327 g/mol. The molecule has 24 heavy (non-hydrogen) atoms. The molecule has 7 heteroatoms. The summed E-state index contributed by atoms with van der Waals surface area (Å²) in [4.78, 5) is 36.0. The number of nitrogens with two attached hydrogens (primary N) is 1. The number of aryl methyl sites for hydroxylation is 1. The molecule has 3 rings (SSSR count). The number of carbonyl (C=O) groups is 2. The summed E-state index contributed by atoms with van der Waals surface area (Å²) in [6.45, 7) is 1.38. The number of ether oxygens (including phenoxy) is 1. The summed E-state index contributed by atoms with van der Waals surface area (Å²) in [5.74, 6) is -1.36. The number of esters is 1. The molecule has 2 aromatic heterocycles. The summed E-state index contributed by atoms with van der Waals surface area (Å²) in [5.41, 5.74) is 5.46. The monoisotopic (exact) mass is 327 g/mol. The fourth-order valence-corrected chi connectivity index (χ4v) is 2.36. The van der Waals surface area contributed by atoms with Gasteiger partial charge in [0.2, 0.25) is 5.76 Å². The lowest BCUT2D eigenvalue weighted by Crippen LogP contribution is -2.18. The molecular weight excluding hydrogens is 314 g/mol. The van der Waals surface area contributed by atoms with Crippen LogP contribution in [0.15, 0.2) is 50.2 Å². The van der Waals surface area contributed by atoms with Gasteiger partial charge in [-0.2, -0.15) is 0 Å². The quantitative estimate of drug-likeness (QED) is 0.338. The van der Waals surface area contributed by atoms with Crippen molar-refractivity contribution in [1.29, 1.82) is 0 Å². The Kier molecular flexibility index (Phi) is 4.01. The number of benzene rings is 1. The minimum absolute atomic E-state index is 0.0214. The first-order chi connectivity index (χ1) is 11.5. The molecule has 0 radical (unpaired) electrons. The molecule has 0 atom stereocenters. The minimum atomic E-state index is -0.777. The molecule has 0 amide bonds. The molecule has 0 spiro atoms. The lowest BCUT2D eigenvalue weighted by Gasteiger charge is -2.11. The van der Waals surface area contributed by atoms with Crippen LogP contribution >= 0.6 is 0 Å². The van der Waals surface area contributed by atoms with Crippen molar-refractivity contribution in [1.82, 2.24) is 0 Å². The van der Waals surface area contributed by atoms with Crippen LogP contribution in [0, 0.1) is 6.92 Å². The molecule has 7 nitrogen and oxygen atoms in total. The number of hydrogen-bond donors (Lipinski definition) is 1. The number of rotatable bonds is 4. The zero-order valence-corrected chi connectivity index (χ0v) is 12.7. The first-order valence-electron chi connectivity index (χ1n) is 7.07. The molecule has 0 aliphatic heterocycles. The molecule has 0 fully saturated rings. The second kappa shape index (κ2) is 6.13. The third-order valence-electron chi connectivity index (χ3n) is 3.47. The largest absolute Gasteiger partial charge is 0.457 e. The van der Waals surface area contributed by atoms with E-state index in [0.29, 0.717) is 10.9 Å². The van der Waals surface area contributed by atoms with E-state index in [1.54, 1.807) is 13.0 Å². The third-order valence-corrected chi connectivity index (χ3v) is 3.47. The Balaban J connectivity index is 2.19. The number of ketones is 1. The van der Waals surface area contributed by atoms with Crippen LogP contribution in [0.4, 0.5) is 0 Å². The maximum absolute atomic E-state index is 12.2. The third kappa shape index (κ3) is 2.72. The van der Waals surface area contributed by atoms with E-state index < -0.39 is 17.4 Å². The molecule has 0 saturated carbocycles. The van der Waals surface area contributed by atoms with Gasteiger partial charge in [0.05, 0.1) is 12.8 Å². The highest BCUT2D eigenvalue weighted by atomic mass is 16.5. The van der Waals surface area contributed by atoms with E-state index >= 15 is 0 Å². The molecule has 3 aromatic rings. The van der Waals surface area contributed by atoms with Crippen LogP contribution in [-0.2, 0) is 0 Å². The van der Waals surface area contributed by atoms with Crippen LogP contribution < -0.4 is 16.1 Å². The van der Waals surface area contributed by atoms with E-state index in [1.165, 1.54) is 30.5 Å². The molecule has 122 valence electrons. The van der Waals surface area contributed by atoms with Gasteiger partial charge in [-0.3, -0.25) is 4.79 Å². The van der Waals surface area contributed by atoms with Crippen molar-refractivity contribution in [2.75, 3.05) is 6.54 Å². The highest BCUT2D eigenvalue weighted by molar-refractivity contribution is 6.10. The Morgan fingerprint density at radius 1 is 1.25 bits per heavy atom. The van der Waals surface area contributed by atoms with Crippen molar-refractivity contribution in [3.8, 4) is 5.75 Å². The normalized spacial score (nSPS) is 10.8. The van der Waals surface area contributed by atoms with Gasteiger partial charge in [0.25, 0.3) is 0 Å². The molecular formula is C17H13NO6. The summed E-state index contributed by atoms with van der Waals surface area (Å²) in [6, 6.07) is 7.34. The van der Waals surface area contributed by atoms with Crippen molar-refractivity contribution in [2.24, 2.45) is 5.73 Å². The van der Waals surface area contributed by atoms with Gasteiger partial charge >= 0.3 is 11.6 Å². The number of hydrogen-bond acceptors (Lipinski definition) is 7. The Labute approximate surface area is 135 Å². The molecule has 0 aliphatic rings. The first kappa shape index (κ1) is 15.7. The zero-order chi connectivity index (χ0) is 17.3. The van der Waals surface area contributed by atoms with Crippen molar-refractivity contribution >= 4 is 22.7 Å². The Bertz CT molecular complexity index is 984. The molecule has 2 N–H and O–H groups in total. The van der Waals surface area contributed by atoms with Crippen LogP contribution in [-0.4, -0.2) is 18.3 Å². The maximum atomic E-state index is 12.2. The van der Waals surface area contributed by atoms with Crippen LogP contribution in [0.25, 0.3) is 11.0 Å². The second-order valence-corrected chi connectivity index (χ2v) is 5.06. The first-order valence-corrected chi connectivity index (χ1v) is 7.07. The topological polar surface area (TPSA) is 113 Å². The van der Waals surface area contributed by atoms with Crippen LogP contribution in [0.5, 0.6) is 5.75 Å². The lowest BCUT2D eigenvalue weighted by molar-refractivity contribution is 0.0699. The van der Waals surface area contributed by atoms with E-state index in [1.807, 2.05) is 0 Å². The SMILES string of the molecule is Cc1cc(=O)oc2c(C(=O)CN)c(OC(=O)c3ccco3)ccc12. The van der Waals surface area contributed by atoms with Gasteiger partial charge in [-0.25, -0.2) is 9.59 Å². The van der Waals surface area contributed by atoms with Crippen LogP contribution in [0.2, 0.25) is 0 Å². The Morgan fingerprint density at radius 3 is 2.71 bits per heavy atom. The minimum Gasteiger partial charge on any atom is -0.457 e. The number of fused-ring (bicyclic) bond motifs is 1. The van der Waals surface area contributed by atoms with Crippen molar-refractivity contribution in [2.45, 2.75) is 6.92 Å². The van der Waals surface area contributed by atoms with Crippen molar-refractivity contribution < 1.29 is 23.2 Å². The summed E-state index contributed by atoms with van der Waals surface area (Å²) >= 11 is 0. The average Bonchev–Trinajstić information content (AvgIpc) is 3.08. The Hall–Kier alpha value is -3.19. The molecule has 0 saturated heterocycles. The summed E-state index contributed by atoms with van der Waals surface area (Å²) < 4.78 is 15.4. The van der Waals surface area contributed by atoms with Crippen molar-refractivity contribution in [3.05, 3.63) is 63.9 Å². The molecule has 0 unspecified atom stereocenters. The molecule has 2 heterocycles. The summed E-state index contributed by atoms with van der Waals surface area (Å²) in [6.07, 6.45) is 1.32. The number of furan rings is 1. The summed E-state index contributed by atoms with van der Waals surface area (Å²) in [5, 5.41) is 0.559. The second-order valence-electron chi connectivity index (χ2n) is 5.06. The lowest BCUT2D eigenvalue weighted by atomic mass is 10.0. The van der Waals surface area contributed by atoms with Gasteiger partial charge in [0.1, 0.15) is 11.3 Å². The fraction of sp³-hybridized carbons (Fsp3) is 0.118. The van der Waals surface area contributed by atoms with Crippen molar-refractivity contribution in [3.63, 3.8) is 0 Å². The van der Waals surface area contributed by atoms with Crippen LogP contribution in [0.1, 0.15) is 26.5 Å². The van der Waals surface area contributed by atoms with Gasteiger partial charge in [0, 0.05) is 11.5 Å². The smallest absolute Gasteiger partial charge is 0.379 e. The molecule has 0 aliphatic carbocycles. The van der Waals surface area contributed by atoms with E-state index in [9.17, 15) is 14.4 Å². The van der Waals surface area contributed by atoms with E-state index in [4.69, 9.17) is 19.3 Å². The number of Topliss-reactive ketones (excluding diaryl/α,β-unsaturated/α-hetero) is 1. The Morgan fingerprint density at radius 2 is 2.04 bits per heavy atom. The van der Waals surface area contributed by atoms with Gasteiger partial charge in [-0.05, 0) is 36.8 Å². The predicted octanol–water partition coefficient (Wildman–Crippen LogP) is 2.06. The van der Waals surface area contributed by atoms with Gasteiger partial charge < -0.3 is 19.3 Å². The number of carbonyl (C=O) groups excluding carboxylic acids is 2. The fourth-order valence-electron chi connectivity index (χ4n) is 2.36. The summed E-state index contributed by atoms with van der Waals surface area (Å²) in [7, 11) is 0. The standard InChI is InChI=1S/C17H13NO6/c1-9-7-14(20)24-16-10(9)4-5-12(15(16)11(19)8-18)23-17(21)13-3-2-6-22-13/h2-7H,8,18H2,1H3. The highest BCUT2D eigenvalue weighted by Gasteiger charge is 2.22. The zero-order valence-electron chi connectivity index (χ0n) is 12.7. The highest BCUT2D eigenvalue weighted by Crippen LogP contribution is 2.30. The van der Waals surface area contributed by atoms with E-state index in [-0.39, 0.29) is 29.2 Å². The van der Waals surface area contributed by atoms with Gasteiger partial charge in [0.15, 0.2) is 11.4 Å². The predicted molar refractivity (Wildman–Crippen MR) is 84.3 cm³/mol. The van der Waals surface area contributed by atoms with Gasteiger partial charge in [-0.1, -0.05) is 0 Å². The van der Waals surface area contributed by atoms with Gasteiger partial charge in [-0.15, -0.1) is 0 Å². The molecule has 0 bridgehead atoms. The van der Waals surface area contributed by atoms with Crippen LogP contribution in [0.3, 0.4) is 0 Å².